The summed E-state index contributed by atoms with van der Waals surface area (Å²) in [6.45, 7) is 7.46. The second-order valence-electron chi connectivity index (χ2n) is 5.28. The highest BCUT2D eigenvalue weighted by atomic mass is 16.5. The predicted octanol–water partition coefficient (Wildman–Crippen LogP) is 1.59. The topological polar surface area (TPSA) is 34.5 Å². The maximum Gasteiger partial charge on any atom is 0.292 e. The summed E-state index contributed by atoms with van der Waals surface area (Å²) in [5.41, 5.74) is -0.0250. The Morgan fingerprint density at radius 2 is 2.28 bits per heavy atom. The minimum absolute atomic E-state index is 0.0250. The van der Waals surface area contributed by atoms with Gasteiger partial charge < -0.3 is 14.2 Å². The van der Waals surface area contributed by atoms with Crippen LogP contribution in [-0.2, 0) is 6.54 Å². The van der Waals surface area contributed by atoms with Gasteiger partial charge in [0.15, 0.2) is 5.75 Å². The van der Waals surface area contributed by atoms with Crippen molar-refractivity contribution in [2.45, 2.75) is 32.9 Å². The molecule has 4 heteroatoms. The monoisotopic (exact) mass is 250 g/mol. The van der Waals surface area contributed by atoms with E-state index >= 15 is 0 Å². The van der Waals surface area contributed by atoms with Gasteiger partial charge in [0.25, 0.3) is 5.56 Å². The summed E-state index contributed by atoms with van der Waals surface area (Å²) < 4.78 is 6.84. The van der Waals surface area contributed by atoms with Gasteiger partial charge in [-0.05, 0) is 44.9 Å². The Morgan fingerprint density at radius 3 is 2.89 bits per heavy atom. The first-order chi connectivity index (χ1) is 8.61. The normalized spacial score (nSPS) is 20.6. The molecule has 0 aliphatic carbocycles. The van der Waals surface area contributed by atoms with Crippen LogP contribution in [0, 0.1) is 5.92 Å². The van der Waals surface area contributed by atoms with Gasteiger partial charge in [-0.2, -0.15) is 0 Å². The van der Waals surface area contributed by atoms with Crippen molar-refractivity contribution in [2.24, 2.45) is 5.92 Å². The van der Waals surface area contributed by atoms with E-state index in [1.165, 1.54) is 13.5 Å². The maximum atomic E-state index is 12.0. The Balaban J connectivity index is 2.05. The fraction of sp³-hybridized carbons (Fsp3) is 0.643. The summed E-state index contributed by atoms with van der Waals surface area (Å²) in [4.78, 5) is 14.5. The molecule has 0 spiro atoms. The highest BCUT2D eigenvalue weighted by Crippen LogP contribution is 2.19. The van der Waals surface area contributed by atoms with E-state index in [-0.39, 0.29) is 5.56 Å². The van der Waals surface area contributed by atoms with Gasteiger partial charge in [-0.15, -0.1) is 0 Å². The summed E-state index contributed by atoms with van der Waals surface area (Å²) >= 11 is 0. The molecule has 100 valence electrons. The van der Waals surface area contributed by atoms with E-state index in [9.17, 15) is 4.79 Å². The summed E-state index contributed by atoms with van der Waals surface area (Å²) in [5, 5.41) is 0. The molecule has 1 unspecified atom stereocenters. The lowest BCUT2D eigenvalue weighted by Crippen LogP contribution is -2.30. The molecule has 0 aromatic carbocycles. The van der Waals surface area contributed by atoms with Crippen molar-refractivity contribution in [3.8, 4) is 5.75 Å². The van der Waals surface area contributed by atoms with Gasteiger partial charge in [0, 0.05) is 25.3 Å². The zero-order valence-corrected chi connectivity index (χ0v) is 11.4. The van der Waals surface area contributed by atoms with E-state index in [1.54, 1.807) is 10.6 Å². The molecule has 4 nitrogen and oxygen atoms in total. The van der Waals surface area contributed by atoms with Crippen LogP contribution in [0.1, 0.15) is 20.3 Å². The lowest BCUT2D eigenvalue weighted by molar-refractivity contribution is 0.260. The molecule has 1 aromatic rings. The van der Waals surface area contributed by atoms with E-state index in [4.69, 9.17) is 4.74 Å². The van der Waals surface area contributed by atoms with Crippen molar-refractivity contribution in [1.29, 1.82) is 0 Å². The van der Waals surface area contributed by atoms with Gasteiger partial charge in [-0.25, -0.2) is 0 Å². The maximum absolute atomic E-state index is 12.0. The number of nitrogens with zero attached hydrogens (tertiary/aromatic N) is 2. The molecule has 1 fully saturated rings. The second kappa shape index (κ2) is 5.57. The minimum atomic E-state index is -0.0250. The van der Waals surface area contributed by atoms with Gasteiger partial charge in [0.1, 0.15) is 0 Å². The summed E-state index contributed by atoms with van der Waals surface area (Å²) in [5.74, 6) is 0.994. The Bertz CT molecular complexity index is 453. The molecule has 0 radical (unpaired) electrons. The molecule has 1 aliphatic rings. The van der Waals surface area contributed by atoms with Crippen LogP contribution in [0.25, 0.3) is 0 Å². The molecule has 18 heavy (non-hydrogen) atoms. The van der Waals surface area contributed by atoms with Crippen LogP contribution in [0.15, 0.2) is 23.1 Å². The molecule has 2 heterocycles. The fourth-order valence-electron chi connectivity index (χ4n) is 2.57. The van der Waals surface area contributed by atoms with Crippen molar-refractivity contribution >= 4 is 0 Å². The highest BCUT2D eigenvalue weighted by molar-refractivity contribution is 5.17. The number of hydrogen-bond acceptors (Lipinski definition) is 3. The average molecular weight is 250 g/mol. The number of ether oxygens (including phenoxy) is 1. The van der Waals surface area contributed by atoms with Crippen LogP contribution in [0.3, 0.4) is 0 Å². The van der Waals surface area contributed by atoms with E-state index in [0.717, 1.165) is 19.6 Å². The number of likely N-dealkylation sites (tertiary alicyclic amines) is 1. The van der Waals surface area contributed by atoms with E-state index < -0.39 is 0 Å². The van der Waals surface area contributed by atoms with Crippen LogP contribution in [0.2, 0.25) is 0 Å². The van der Waals surface area contributed by atoms with Crippen LogP contribution < -0.4 is 10.3 Å². The smallest absolute Gasteiger partial charge is 0.292 e. The van der Waals surface area contributed by atoms with Gasteiger partial charge in [0.05, 0.1) is 7.11 Å². The SMILES string of the molecule is COc1cccn(CC2CCN(C(C)C)C2)c1=O. The third kappa shape index (κ3) is 2.75. The van der Waals surface area contributed by atoms with Crippen molar-refractivity contribution in [3.63, 3.8) is 0 Å². The number of rotatable bonds is 4. The molecule has 1 saturated heterocycles. The van der Waals surface area contributed by atoms with Gasteiger partial charge in [-0.3, -0.25) is 4.79 Å². The number of methoxy groups -OCH3 is 1. The van der Waals surface area contributed by atoms with Crippen molar-refractivity contribution in [1.82, 2.24) is 9.47 Å². The van der Waals surface area contributed by atoms with Gasteiger partial charge in [-0.1, -0.05) is 0 Å². The number of aromatic nitrogens is 1. The average Bonchev–Trinajstić information content (AvgIpc) is 2.80. The van der Waals surface area contributed by atoms with Crippen molar-refractivity contribution in [2.75, 3.05) is 20.2 Å². The number of pyridine rings is 1. The zero-order chi connectivity index (χ0) is 13.1. The van der Waals surface area contributed by atoms with E-state index in [0.29, 0.717) is 17.7 Å². The zero-order valence-electron chi connectivity index (χ0n) is 11.4. The first-order valence-electron chi connectivity index (χ1n) is 6.59. The standard InChI is InChI=1S/C14H22N2O2/c1-11(2)15-8-6-12(9-15)10-16-7-4-5-13(18-3)14(16)17/h4-5,7,11-12H,6,8-10H2,1-3H3. The molecule has 1 aromatic heterocycles. The Hall–Kier alpha value is -1.29. The Kier molecular flexibility index (Phi) is 4.07. The summed E-state index contributed by atoms with van der Waals surface area (Å²) in [6, 6.07) is 4.18. The van der Waals surface area contributed by atoms with Gasteiger partial charge in [0.2, 0.25) is 0 Å². The van der Waals surface area contributed by atoms with Crippen LogP contribution >= 0.6 is 0 Å². The highest BCUT2D eigenvalue weighted by Gasteiger charge is 2.24. The van der Waals surface area contributed by atoms with Crippen molar-refractivity contribution < 1.29 is 4.74 Å². The lowest BCUT2D eigenvalue weighted by Gasteiger charge is -2.20. The Morgan fingerprint density at radius 1 is 1.50 bits per heavy atom. The second-order valence-corrected chi connectivity index (χ2v) is 5.28. The molecule has 1 atom stereocenters. The molecule has 0 amide bonds. The van der Waals surface area contributed by atoms with Crippen molar-refractivity contribution in [3.05, 3.63) is 28.7 Å². The van der Waals surface area contributed by atoms with E-state index in [2.05, 4.69) is 18.7 Å². The molecule has 2 rings (SSSR count). The third-order valence-electron chi connectivity index (χ3n) is 3.71. The summed E-state index contributed by atoms with van der Waals surface area (Å²) in [7, 11) is 1.54. The lowest BCUT2D eigenvalue weighted by atomic mass is 10.1. The van der Waals surface area contributed by atoms with Crippen LogP contribution in [0.4, 0.5) is 0 Å². The molecule has 0 N–H and O–H groups in total. The fourth-order valence-corrected chi connectivity index (χ4v) is 2.57. The third-order valence-corrected chi connectivity index (χ3v) is 3.71. The van der Waals surface area contributed by atoms with E-state index in [1.807, 2.05) is 12.3 Å². The van der Waals surface area contributed by atoms with Crippen LogP contribution in [-0.4, -0.2) is 35.7 Å². The molecular weight excluding hydrogens is 228 g/mol. The Labute approximate surface area is 108 Å². The molecule has 1 aliphatic heterocycles. The molecule has 0 bridgehead atoms. The first-order valence-corrected chi connectivity index (χ1v) is 6.59. The predicted molar refractivity (Wildman–Crippen MR) is 72.1 cm³/mol. The van der Waals surface area contributed by atoms with Gasteiger partial charge >= 0.3 is 0 Å². The molecule has 0 saturated carbocycles. The largest absolute Gasteiger partial charge is 0.491 e. The minimum Gasteiger partial charge on any atom is -0.491 e. The first kappa shape index (κ1) is 13.1. The van der Waals surface area contributed by atoms with Crippen LogP contribution in [0.5, 0.6) is 5.75 Å². The number of hydrogen-bond donors (Lipinski definition) is 0. The summed E-state index contributed by atoms with van der Waals surface area (Å²) in [6.07, 6.45) is 3.02. The molecular formula is C14H22N2O2. The quantitative estimate of drug-likeness (QED) is 0.814.